The van der Waals surface area contributed by atoms with Gasteiger partial charge in [0.2, 0.25) is 0 Å². The van der Waals surface area contributed by atoms with Gasteiger partial charge < -0.3 is 14.2 Å². The Morgan fingerprint density at radius 2 is 1.95 bits per heavy atom. The molecule has 0 spiro atoms. The van der Waals surface area contributed by atoms with Crippen LogP contribution in [0.15, 0.2) is 24.3 Å². The molecule has 3 atom stereocenters. The third kappa shape index (κ3) is 4.21. The normalized spacial score (nSPS) is 25.2. The first-order chi connectivity index (χ1) is 9.74. The molecule has 1 saturated carbocycles. The van der Waals surface area contributed by atoms with Gasteiger partial charge in [0.15, 0.2) is 0 Å². The third-order valence-corrected chi connectivity index (χ3v) is 4.40. The van der Waals surface area contributed by atoms with Crippen molar-refractivity contribution in [2.24, 2.45) is 0 Å². The second-order valence-corrected chi connectivity index (χ2v) is 6.31. The molecule has 1 aromatic carbocycles. The SMILES string of the molecule is CCCOC1C(Br)CC1Oc1ccc(CCOC)cc1. The van der Waals surface area contributed by atoms with Gasteiger partial charge >= 0.3 is 0 Å². The molecule has 1 aliphatic rings. The highest BCUT2D eigenvalue weighted by Gasteiger charge is 2.42. The van der Waals surface area contributed by atoms with Gasteiger partial charge in [-0.3, -0.25) is 0 Å². The van der Waals surface area contributed by atoms with Crippen molar-refractivity contribution in [1.82, 2.24) is 0 Å². The second-order valence-electron chi connectivity index (χ2n) is 5.13. The summed E-state index contributed by atoms with van der Waals surface area (Å²) in [7, 11) is 1.72. The molecule has 20 heavy (non-hydrogen) atoms. The van der Waals surface area contributed by atoms with E-state index < -0.39 is 0 Å². The van der Waals surface area contributed by atoms with Gasteiger partial charge in [0.05, 0.1) is 6.61 Å². The number of rotatable bonds is 8. The van der Waals surface area contributed by atoms with Crippen molar-refractivity contribution in [2.75, 3.05) is 20.3 Å². The monoisotopic (exact) mass is 342 g/mol. The van der Waals surface area contributed by atoms with Crippen molar-refractivity contribution in [1.29, 1.82) is 0 Å². The standard InChI is InChI=1S/C16H23BrO3/c1-3-9-19-16-14(17)11-15(16)20-13-6-4-12(5-7-13)8-10-18-2/h4-7,14-16H,3,8-11H2,1-2H3. The quantitative estimate of drug-likeness (QED) is 0.675. The first-order valence-electron chi connectivity index (χ1n) is 7.24. The van der Waals surface area contributed by atoms with Gasteiger partial charge in [0.1, 0.15) is 18.0 Å². The topological polar surface area (TPSA) is 27.7 Å². The fraction of sp³-hybridized carbons (Fsp3) is 0.625. The summed E-state index contributed by atoms with van der Waals surface area (Å²) in [5.74, 6) is 0.917. The maximum atomic E-state index is 6.00. The Hall–Kier alpha value is -0.580. The highest BCUT2D eigenvalue weighted by molar-refractivity contribution is 9.09. The van der Waals surface area contributed by atoms with Crippen molar-refractivity contribution in [2.45, 2.75) is 43.2 Å². The van der Waals surface area contributed by atoms with E-state index in [9.17, 15) is 0 Å². The van der Waals surface area contributed by atoms with Crippen molar-refractivity contribution in [3.8, 4) is 5.75 Å². The summed E-state index contributed by atoms with van der Waals surface area (Å²) in [6.45, 7) is 3.67. The van der Waals surface area contributed by atoms with Crippen LogP contribution in [0.5, 0.6) is 5.75 Å². The Morgan fingerprint density at radius 1 is 1.20 bits per heavy atom. The molecule has 0 heterocycles. The first-order valence-corrected chi connectivity index (χ1v) is 8.16. The summed E-state index contributed by atoms with van der Waals surface area (Å²) in [4.78, 5) is 0.417. The predicted octanol–water partition coefficient (Wildman–Crippen LogP) is 3.59. The van der Waals surface area contributed by atoms with Gasteiger partial charge in [-0.25, -0.2) is 0 Å². The largest absolute Gasteiger partial charge is 0.488 e. The Bertz CT molecular complexity index is 393. The van der Waals surface area contributed by atoms with Gasteiger partial charge in [-0.15, -0.1) is 0 Å². The molecule has 1 aromatic rings. The lowest BCUT2D eigenvalue weighted by molar-refractivity contribution is -0.0762. The zero-order chi connectivity index (χ0) is 14.4. The molecule has 0 aromatic heterocycles. The van der Waals surface area contributed by atoms with Gasteiger partial charge in [0.25, 0.3) is 0 Å². The van der Waals surface area contributed by atoms with E-state index in [1.807, 2.05) is 12.1 Å². The number of alkyl halides is 1. The Morgan fingerprint density at radius 3 is 2.55 bits per heavy atom. The molecule has 4 heteroatoms. The van der Waals surface area contributed by atoms with Crippen LogP contribution in [0.1, 0.15) is 25.3 Å². The van der Waals surface area contributed by atoms with Crippen LogP contribution in [-0.4, -0.2) is 37.4 Å². The highest BCUT2D eigenvalue weighted by atomic mass is 79.9. The Kier molecular flexibility index (Phi) is 6.33. The minimum Gasteiger partial charge on any atom is -0.488 e. The maximum absolute atomic E-state index is 6.00. The fourth-order valence-electron chi connectivity index (χ4n) is 2.24. The van der Waals surface area contributed by atoms with Gasteiger partial charge in [-0.2, -0.15) is 0 Å². The van der Waals surface area contributed by atoms with Crippen molar-refractivity contribution in [3.63, 3.8) is 0 Å². The minimum atomic E-state index is 0.163. The van der Waals surface area contributed by atoms with E-state index >= 15 is 0 Å². The zero-order valence-electron chi connectivity index (χ0n) is 12.2. The summed E-state index contributed by atoms with van der Waals surface area (Å²) < 4.78 is 16.9. The van der Waals surface area contributed by atoms with E-state index in [1.54, 1.807) is 7.11 Å². The molecule has 3 nitrogen and oxygen atoms in total. The lowest BCUT2D eigenvalue weighted by Crippen LogP contribution is -2.52. The van der Waals surface area contributed by atoms with E-state index in [0.29, 0.717) is 4.83 Å². The van der Waals surface area contributed by atoms with Crippen LogP contribution in [0.2, 0.25) is 0 Å². The van der Waals surface area contributed by atoms with Crippen molar-refractivity contribution >= 4 is 15.9 Å². The molecule has 1 fully saturated rings. The molecule has 0 saturated heterocycles. The van der Waals surface area contributed by atoms with E-state index in [4.69, 9.17) is 14.2 Å². The number of halogens is 1. The number of hydrogen-bond donors (Lipinski definition) is 0. The molecule has 2 rings (SSSR count). The molecule has 0 N–H and O–H groups in total. The molecule has 1 aliphatic carbocycles. The molecule has 0 radical (unpaired) electrons. The lowest BCUT2D eigenvalue weighted by atomic mass is 9.91. The van der Waals surface area contributed by atoms with Gasteiger partial charge in [0, 0.05) is 25.0 Å². The van der Waals surface area contributed by atoms with Crippen LogP contribution in [0.25, 0.3) is 0 Å². The highest BCUT2D eigenvalue weighted by Crippen LogP contribution is 2.34. The fourth-order valence-corrected chi connectivity index (χ4v) is 3.10. The Balaban J connectivity index is 1.83. The predicted molar refractivity (Wildman–Crippen MR) is 83.8 cm³/mol. The molecule has 112 valence electrons. The van der Waals surface area contributed by atoms with Crippen LogP contribution in [-0.2, 0) is 15.9 Å². The second kappa shape index (κ2) is 8.01. The average molecular weight is 343 g/mol. The molecule has 0 bridgehead atoms. The van der Waals surface area contributed by atoms with Crippen LogP contribution in [0, 0.1) is 0 Å². The summed E-state index contributed by atoms with van der Waals surface area (Å²) >= 11 is 3.63. The maximum Gasteiger partial charge on any atom is 0.127 e. The van der Waals surface area contributed by atoms with E-state index in [-0.39, 0.29) is 12.2 Å². The van der Waals surface area contributed by atoms with Crippen LogP contribution in [0.4, 0.5) is 0 Å². The van der Waals surface area contributed by atoms with Crippen molar-refractivity contribution in [3.05, 3.63) is 29.8 Å². The molecule has 3 unspecified atom stereocenters. The number of hydrogen-bond acceptors (Lipinski definition) is 3. The smallest absolute Gasteiger partial charge is 0.127 e. The zero-order valence-corrected chi connectivity index (χ0v) is 13.8. The molecular weight excluding hydrogens is 320 g/mol. The number of ether oxygens (including phenoxy) is 3. The van der Waals surface area contributed by atoms with E-state index in [1.165, 1.54) is 5.56 Å². The summed E-state index contributed by atoms with van der Waals surface area (Å²) in [6, 6.07) is 8.26. The van der Waals surface area contributed by atoms with E-state index in [0.717, 1.165) is 38.2 Å². The molecule has 0 aliphatic heterocycles. The van der Waals surface area contributed by atoms with Gasteiger partial charge in [-0.05, 0) is 30.5 Å². The van der Waals surface area contributed by atoms with Crippen LogP contribution >= 0.6 is 15.9 Å². The first kappa shape index (κ1) is 15.8. The molecule has 0 amide bonds. The van der Waals surface area contributed by atoms with Gasteiger partial charge in [-0.1, -0.05) is 35.0 Å². The van der Waals surface area contributed by atoms with E-state index in [2.05, 4.69) is 35.0 Å². The Labute approximate surface area is 129 Å². The molecular formula is C16H23BrO3. The lowest BCUT2D eigenvalue weighted by Gasteiger charge is -2.40. The summed E-state index contributed by atoms with van der Waals surface area (Å²) in [5, 5.41) is 0. The average Bonchev–Trinajstić information content (AvgIpc) is 2.46. The van der Waals surface area contributed by atoms with Crippen molar-refractivity contribution < 1.29 is 14.2 Å². The minimum absolute atomic E-state index is 0.163. The number of benzene rings is 1. The third-order valence-electron chi connectivity index (χ3n) is 3.50. The van der Waals surface area contributed by atoms with Crippen LogP contribution in [0.3, 0.4) is 0 Å². The number of methoxy groups -OCH3 is 1. The summed E-state index contributed by atoms with van der Waals surface area (Å²) in [5.41, 5.74) is 1.27. The van der Waals surface area contributed by atoms with Crippen LogP contribution < -0.4 is 4.74 Å². The summed E-state index contributed by atoms with van der Waals surface area (Å²) in [6.07, 6.45) is 3.31.